The standard InChI is InChI=1S/C17H20N4O3S/c1-24-8-7-18-15(22)9-21-16(13-10-25-11-14(13)20-21)19-17(23)12-5-3-2-4-6-12/h2-6H,7-11H2,1H3,(H,18,22)(H,19,23). The molecular weight excluding hydrogens is 340 g/mol. The summed E-state index contributed by atoms with van der Waals surface area (Å²) in [6.45, 7) is 0.958. The molecule has 2 heterocycles. The van der Waals surface area contributed by atoms with E-state index >= 15 is 0 Å². The molecule has 1 aromatic carbocycles. The molecule has 0 saturated carbocycles. The van der Waals surface area contributed by atoms with Gasteiger partial charge in [-0.2, -0.15) is 16.9 Å². The molecule has 0 aliphatic carbocycles. The summed E-state index contributed by atoms with van der Waals surface area (Å²) in [6, 6.07) is 9.00. The largest absolute Gasteiger partial charge is 0.383 e. The van der Waals surface area contributed by atoms with E-state index in [1.54, 1.807) is 35.7 Å². The molecule has 0 bridgehead atoms. The summed E-state index contributed by atoms with van der Waals surface area (Å²) in [5.41, 5.74) is 2.50. The number of anilines is 1. The van der Waals surface area contributed by atoms with Crippen molar-refractivity contribution in [3.05, 3.63) is 47.2 Å². The highest BCUT2D eigenvalue weighted by Crippen LogP contribution is 2.34. The van der Waals surface area contributed by atoms with Crippen molar-refractivity contribution in [1.29, 1.82) is 0 Å². The number of ether oxygens (including phenoxy) is 1. The number of hydrogen-bond donors (Lipinski definition) is 2. The van der Waals surface area contributed by atoms with Crippen molar-refractivity contribution >= 4 is 29.4 Å². The van der Waals surface area contributed by atoms with Crippen molar-refractivity contribution in [2.45, 2.75) is 18.1 Å². The van der Waals surface area contributed by atoms with Crippen LogP contribution in [0.5, 0.6) is 0 Å². The van der Waals surface area contributed by atoms with Gasteiger partial charge in [-0.25, -0.2) is 4.68 Å². The van der Waals surface area contributed by atoms with Crippen molar-refractivity contribution in [2.24, 2.45) is 0 Å². The number of carbonyl (C=O) groups is 2. The number of benzene rings is 1. The quantitative estimate of drug-likeness (QED) is 0.734. The predicted molar refractivity (Wildman–Crippen MR) is 96.5 cm³/mol. The minimum absolute atomic E-state index is 0.0613. The third-order valence-corrected chi connectivity index (χ3v) is 4.78. The minimum Gasteiger partial charge on any atom is -0.383 e. The van der Waals surface area contributed by atoms with Gasteiger partial charge >= 0.3 is 0 Å². The Morgan fingerprint density at radius 3 is 2.84 bits per heavy atom. The highest BCUT2D eigenvalue weighted by molar-refractivity contribution is 7.98. The number of hydrogen-bond acceptors (Lipinski definition) is 5. The summed E-state index contributed by atoms with van der Waals surface area (Å²) in [7, 11) is 1.58. The smallest absolute Gasteiger partial charge is 0.256 e. The van der Waals surface area contributed by atoms with Gasteiger partial charge < -0.3 is 15.4 Å². The molecule has 0 spiro atoms. The Balaban J connectivity index is 1.76. The lowest BCUT2D eigenvalue weighted by molar-refractivity contribution is -0.122. The van der Waals surface area contributed by atoms with E-state index in [-0.39, 0.29) is 18.4 Å². The maximum Gasteiger partial charge on any atom is 0.256 e. The third-order valence-electron chi connectivity index (χ3n) is 3.81. The highest BCUT2D eigenvalue weighted by Gasteiger charge is 2.25. The van der Waals surface area contributed by atoms with Crippen LogP contribution in [0.1, 0.15) is 21.6 Å². The van der Waals surface area contributed by atoms with Crippen molar-refractivity contribution < 1.29 is 14.3 Å². The lowest BCUT2D eigenvalue weighted by Gasteiger charge is -2.11. The van der Waals surface area contributed by atoms with Gasteiger partial charge in [0, 0.05) is 36.3 Å². The Labute approximate surface area is 150 Å². The molecule has 25 heavy (non-hydrogen) atoms. The zero-order valence-corrected chi connectivity index (χ0v) is 14.8. The Morgan fingerprint density at radius 1 is 1.28 bits per heavy atom. The van der Waals surface area contributed by atoms with Crippen molar-refractivity contribution in [3.63, 3.8) is 0 Å². The maximum atomic E-state index is 12.5. The monoisotopic (exact) mass is 360 g/mol. The predicted octanol–water partition coefficient (Wildman–Crippen LogP) is 1.64. The number of fused-ring (bicyclic) bond motifs is 1. The molecule has 3 rings (SSSR count). The number of thioether (sulfide) groups is 1. The first-order chi connectivity index (χ1) is 12.2. The topological polar surface area (TPSA) is 85.2 Å². The van der Waals surface area contributed by atoms with E-state index in [9.17, 15) is 9.59 Å². The van der Waals surface area contributed by atoms with Crippen LogP contribution in [0.3, 0.4) is 0 Å². The van der Waals surface area contributed by atoms with Crippen molar-refractivity contribution in [2.75, 3.05) is 25.6 Å². The van der Waals surface area contributed by atoms with Gasteiger partial charge in [0.2, 0.25) is 5.91 Å². The van der Waals surface area contributed by atoms with Gasteiger partial charge in [-0.05, 0) is 12.1 Å². The third kappa shape index (κ3) is 4.21. The van der Waals surface area contributed by atoms with Gasteiger partial charge in [0.05, 0.1) is 12.3 Å². The van der Waals surface area contributed by atoms with Crippen molar-refractivity contribution in [3.8, 4) is 0 Å². The van der Waals surface area contributed by atoms with Gasteiger partial charge in [-0.15, -0.1) is 0 Å². The molecule has 0 unspecified atom stereocenters. The van der Waals surface area contributed by atoms with Gasteiger partial charge in [0.15, 0.2) is 0 Å². The number of amides is 2. The molecule has 0 atom stereocenters. The normalized spacial score (nSPS) is 12.7. The number of nitrogens with zero attached hydrogens (tertiary/aromatic N) is 2. The summed E-state index contributed by atoms with van der Waals surface area (Å²) < 4.78 is 6.50. The first-order valence-electron chi connectivity index (χ1n) is 7.97. The van der Waals surface area contributed by atoms with Crippen LogP contribution in [-0.2, 0) is 27.6 Å². The summed E-state index contributed by atoms with van der Waals surface area (Å²) >= 11 is 1.75. The van der Waals surface area contributed by atoms with E-state index in [0.717, 1.165) is 22.8 Å². The lowest BCUT2D eigenvalue weighted by Crippen LogP contribution is -2.31. The van der Waals surface area contributed by atoms with E-state index in [1.165, 1.54) is 0 Å². The molecule has 7 nitrogen and oxygen atoms in total. The van der Waals surface area contributed by atoms with Crippen molar-refractivity contribution in [1.82, 2.24) is 15.1 Å². The van der Waals surface area contributed by atoms with Crippen LogP contribution in [0.2, 0.25) is 0 Å². The molecule has 132 valence electrons. The Hall–Kier alpha value is -2.32. The molecule has 1 aliphatic heterocycles. The second kappa shape index (κ2) is 8.17. The zero-order valence-electron chi connectivity index (χ0n) is 13.9. The van der Waals surface area contributed by atoms with Crippen LogP contribution >= 0.6 is 11.8 Å². The number of aromatic nitrogens is 2. The molecule has 2 N–H and O–H groups in total. The number of rotatable bonds is 7. The Morgan fingerprint density at radius 2 is 2.08 bits per heavy atom. The second-order valence-corrected chi connectivity index (χ2v) is 6.57. The molecule has 1 aliphatic rings. The average molecular weight is 360 g/mol. The summed E-state index contributed by atoms with van der Waals surface area (Å²) in [5.74, 6) is 1.81. The van der Waals surface area contributed by atoms with Crippen LogP contribution in [0.25, 0.3) is 0 Å². The van der Waals surface area contributed by atoms with Gasteiger partial charge in [0.25, 0.3) is 5.91 Å². The van der Waals surface area contributed by atoms with E-state index in [4.69, 9.17) is 4.74 Å². The molecule has 2 amide bonds. The molecule has 8 heteroatoms. The van der Waals surface area contributed by atoms with E-state index in [2.05, 4.69) is 15.7 Å². The van der Waals surface area contributed by atoms with Crippen LogP contribution in [0, 0.1) is 0 Å². The van der Waals surface area contributed by atoms with Crippen LogP contribution < -0.4 is 10.6 Å². The van der Waals surface area contributed by atoms with E-state index in [1.807, 2.05) is 18.2 Å². The maximum absolute atomic E-state index is 12.5. The van der Waals surface area contributed by atoms with E-state index < -0.39 is 0 Å². The molecule has 0 fully saturated rings. The van der Waals surface area contributed by atoms with E-state index in [0.29, 0.717) is 24.5 Å². The fourth-order valence-electron chi connectivity index (χ4n) is 2.57. The highest BCUT2D eigenvalue weighted by atomic mass is 32.2. The zero-order chi connectivity index (χ0) is 17.6. The molecule has 1 aromatic heterocycles. The van der Waals surface area contributed by atoms with Crippen LogP contribution in [0.4, 0.5) is 5.82 Å². The van der Waals surface area contributed by atoms with Crippen LogP contribution in [0.15, 0.2) is 30.3 Å². The fourth-order valence-corrected chi connectivity index (χ4v) is 3.61. The Kier molecular flexibility index (Phi) is 5.72. The summed E-state index contributed by atoms with van der Waals surface area (Å²) in [4.78, 5) is 24.6. The van der Waals surface area contributed by atoms with Gasteiger partial charge in [-0.3, -0.25) is 9.59 Å². The molecular formula is C17H20N4O3S. The molecule has 2 aromatic rings. The van der Waals surface area contributed by atoms with Gasteiger partial charge in [0.1, 0.15) is 12.4 Å². The Bertz CT molecular complexity index is 761. The lowest BCUT2D eigenvalue weighted by atomic mass is 10.2. The molecule has 0 saturated heterocycles. The number of nitrogens with one attached hydrogen (secondary N) is 2. The molecule has 0 radical (unpaired) electrons. The SMILES string of the molecule is COCCNC(=O)Cn1nc2c(c1NC(=O)c1ccccc1)CSC2. The second-order valence-electron chi connectivity index (χ2n) is 5.59. The number of carbonyl (C=O) groups excluding carboxylic acids is 2. The van der Waals surface area contributed by atoms with Crippen LogP contribution in [-0.4, -0.2) is 41.9 Å². The van der Waals surface area contributed by atoms with Gasteiger partial charge in [-0.1, -0.05) is 18.2 Å². The minimum atomic E-state index is -0.207. The fraction of sp³-hybridized carbons (Fsp3) is 0.353. The average Bonchev–Trinajstić information content (AvgIpc) is 3.19. The first kappa shape index (κ1) is 17.5. The number of methoxy groups -OCH3 is 1. The first-order valence-corrected chi connectivity index (χ1v) is 9.13. The summed E-state index contributed by atoms with van der Waals surface area (Å²) in [6.07, 6.45) is 0. The summed E-state index contributed by atoms with van der Waals surface area (Å²) in [5, 5.41) is 10.2.